The van der Waals surface area contributed by atoms with Crippen molar-refractivity contribution in [3.05, 3.63) is 12.3 Å². The van der Waals surface area contributed by atoms with Gasteiger partial charge in [0.2, 0.25) is 0 Å². The van der Waals surface area contributed by atoms with Crippen LogP contribution < -0.4 is 0 Å². The summed E-state index contributed by atoms with van der Waals surface area (Å²) in [5.41, 5.74) is -0.708. The van der Waals surface area contributed by atoms with E-state index in [1.165, 1.54) is 0 Å². The Balaban J connectivity index is 0. The van der Waals surface area contributed by atoms with Gasteiger partial charge in [-0.1, -0.05) is 13.5 Å². The lowest BCUT2D eigenvalue weighted by atomic mass is 9.98. The number of aliphatic hydroxyl groups excluding tert-OH is 1. The lowest BCUT2D eigenvalue weighted by molar-refractivity contribution is -0.188. The Kier molecular flexibility index (Phi) is 10.3. The second-order valence-electron chi connectivity index (χ2n) is 3.75. The zero-order valence-electron chi connectivity index (χ0n) is 10.8. The van der Waals surface area contributed by atoms with Crippen LogP contribution in [0.1, 0.15) is 20.3 Å². The van der Waals surface area contributed by atoms with E-state index in [0.717, 1.165) is 0 Å². The third-order valence-electron chi connectivity index (χ3n) is 2.43. The van der Waals surface area contributed by atoms with Crippen LogP contribution in [0.15, 0.2) is 12.3 Å². The van der Waals surface area contributed by atoms with Gasteiger partial charge in [0.25, 0.3) is 0 Å². The zero-order valence-corrected chi connectivity index (χ0v) is 11.9. The van der Waals surface area contributed by atoms with Crippen LogP contribution in [0.4, 0.5) is 0 Å². The van der Waals surface area contributed by atoms with Gasteiger partial charge in [-0.3, -0.25) is 9.69 Å². The molecule has 2 atom stereocenters. The maximum atomic E-state index is 10.7. The summed E-state index contributed by atoms with van der Waals surface area (Å²) in [5, 5.41) is 17.0. The second kappa shape index (κ2) is 9.36. The molecule has 0 aliphatic carbocycles. The molecule has 0 aromatic carbocycles. The number of hydrogen-bond acceptors (Lipinski definition) is 5. The minimum absolute atomic E-state index is 0.0174. The van der Waals surface area contributed by atoms with Gasteiger partial charge in [-0.25, -0.2) is 9.56 Å². The number of aliphatic carboxylic acids is 1. The predicted octanol–water partition coefficient (Wildman–Crippen LogP) is 1.60. The number of carboxylic acids is 1. The number of nitrogens with zero attached hydrogens (tertiary/aromatic N) is 1. The monoisotopic (exact) mass is 267 g/mol. The van der Waals surface area contributed by atoms with Gasteiger partial charge in [-0.05, 0) is 27.4 Å². The first-order valence-corrected chi connectivity index (χ1v) is 5.45. The average molecular weight is 267 g/mol. The van der Waals surface area contributed by atoms with Crippen LogP contribution in [0.5, 0.6) is 0 Å². The number of hydrogen-bond donors (Lipinski definition) is 2. The normalized spacial score (nSPS) is 13.5. The lowest BCUT2D eigenvalue weighted by Crippen LogP contribution is -2.47. The van der Waals surface area contributed by atoms with Crippen LogP contribution >= 0.6 is 9.47 Å². The number of likely N-dealkylation sites (N-methyl/N-ethyl adjacent to an activating group) is 1. The van der Waals surface area contributed by atoms with Crippen LogP contribution in [0.25, 0.3) is 0 Å². The minimum atomic E-state index is -0.764. The summed E-state index contributed by atoms with van der Waals surface area (Å²) in [6.45, 7) is 6.74. The molecule has 6 nitrogen and oxygen atoms in total. The highest BCUT2D eigenvalue weighted by Gasteiger charge is 2.32. The van der Waals surface area contributed by atoms with Gasteiger partial charge in [0, 0.05) is 9.47 Å². The average Bonchev–Trinajstić information content (AvgIpc) is 2.25. The zero-order chi connectivity index (χ0) is 14.1. The third kappa shape index (κ3) is 8.10. The van der Waals surface area contributed by atoms with Crippen molar-refractivity contribution in [1.29, 1.82) is 0 Å². The van der Waals surface area contributed by atoms with E-state index >= 15 is 0 Å². The highest BCUT2D eigenvalue weighted by molar-refractivity contribution is 7.09. The van der Waals surface area contributed by atoms with Gasteiger partial charge in [-0.2, -0.15) is 0 Å². The Morgan fingerprint density at radius 3 is 2.00 bits per heavy atom. The first-order chi connectivity index (χ1) is 7.72. The summed E-state index contributed by atoms with van der Waals surface area (Å²) >= 11 is 0. The van der Waals surface area contributed by atoms with Crippen LogP contribution in [-0.4, -0.2) is 47.3 Å². The molecule has 0 fully saturated rings. The fraction of sp³-hybridized carbons (Fsp3) is 0.700. The molecule has 0 spiro atoms. The van der Waals surface area contributed by atoms with E-state index in [0.29, 0.717) is 6.42 Å². The topological polar surface area (TPSA) is 79.2 Å². The first kappa shape index (κ1) is 18.7. The summed E-state index contributed by atoms with van der Waals surface area (Å²) in [7, 11) is 5.42. The molecule has 0 aliphatic heterocycles. The van der Waals surface area contributed by atoms with Crippen LogP contribution in [0.2, 0.25) is 0 Å². The van der Waals surface area contributed by atoms with Gasteiger partial charge in [0.05, 0.1) is 0 Å². The van der Waals surface area contributed by atoms with E-state index in [9.17, 15) is 4.79 Å². The largest absolute Gasteiger partial charge is 0.510 e. The fourth-order valence-electron chi connectivity index (χ4n) is 0.761. The Labute approximate surface area is 104 Å². The van der Waals surface area contributed by atoms with Gasteiger partial charge in [0.15, 0.2) is 0 Å². The van der Waals surface area contributed by atoms with Crippen LogP contribution in [-0.2, 0) is 14.4 Å². The molecule has 0 aliphatic rings. The van der Waals surface area contributed by atoms with E-state index in [2.05, 4.69) is 16.1 Å². The van der Waals surface area contributed by atoms with Gasteiger partial charge >= 0.3 is 5.97 Å². The lowest BCUT2D eigenvalue weighted by Gasteiger charge is -2.30. The number of carbonyl (C=O) groups is 1. The summed E-state index contributed by atoms with van der Waals surface area (Å²) in [5.74, 6) is -0.817. The number of carboxylic acid groups (broad SMARTS) is 1. The van der Waals surface area contributed by atoms with E-state index in [1.54, 1.807) is 25.9 Å². The molecule has 0 rings (SSSR count). The van der Waals surface area contributed by atoms with Crippen molar-refractivity contribution in [3.63, 3.8) is 0 Å². The van der Waals surface area contributed by atoms with E-state index in [1.807, 2.05) is 16.4 Å². The SMILES string of the molecule is C=C(O)COOP.CCC(C)(C(=O)O)N(C)C. The van der Waals surface area contributed by atoms with Crippen molar-refractivity contribution in [1.82, 2.24) is 4.90 Å². The molecule has 0 saturated carbocycles. The van der Waals surface area contributed by atoms with E-state index < -0.39 is 11.5 Å². The van der Waals surface area contributed by atoms with Crippen LogP contribution in [0.3, 0.4) is 0 Å². The van der Waals surface area contributed by atoms with Crippen molar-refractivity contribution < 1.29 is 24.6 Å². The molecule has 17 heavy (non-hydrogen) atoms. The smallest absolute Gasteiger partial charge is 0.323 e. The fourth-order valence-corrected chi connectivity index (χ4v) is 0.829. The Bertz CT molecular complexity index is 247. The molecule has 102 valence electrons. The first-order valence-electron chi connectivity index (χ1n) is 4.98. The molecule has 7 heteroatoms. The molecular weight excluding hydrogens is 245 g/mol. The molecular formula is C10H22NO5P. The molecule has 0 bridgehead atoms. The van der Waals surface area contributed by atoms with Crippen molar-refractivity contribution in [2.24, 2.45) is 0 Å². The third-order valence-corrected chi connectivity index (χ3v) is 2.57. The minimum Gasteiger partial charge on any atom is -0.510 e. The van der Waals surface area contributed by atoms with Crippen molar-refractivity contribution in [3.8, 4) is 0 Å². The maximum Gasteiger partial charge on any atom is 0.323 e. The van der Waals surface area contributed by atoms with Crippen molar-refractivity contribution in [2.45, 2.75) is 25.8 Å². The molecule has 0 aromatic heterocycles. The number of rotatable bonds is 6. The van der Waals surface area contributed by atoms with Gasteiger partial charge in [0.1, 0.15) is 17.9 Å². The predicted molar refractivity (Wildman–Crippen MR) is 68.5 cm³/mol. The highest BCUT2D eigenvalue weighted by atomic mass is 31.0. The molecule has 2 N–H and O–H groups in total. The molecule has 2 unspecified atom stereocenters. The summed E-state index contributed by atoms with van der Waals surface area (Å²) < 4.78 is 4.05. The van der Waals surface area contributed by atoms with Crippen molar-refractivity contribution >= 4 is 15.4 Å². The van der Waals surface area contributed by atoms with Gasteiger partial charge < -0.3 is 10.2 Å². The standard InChI is InChI=1S/C7H15NO2.C3H7O3P/c1-5-7(2,6(9)10)8(3)4;1-3(4)2-5-6-7/h5H2,1-4H3,(H,9,10);4H,1-2,7H2. The van der Waals surface area contributed by atoms with E-state index in [-0.39, 0.29) is 12.4 Å². The molecule has 0 radical (unpaired) electrons. The molecule has 0 aromatic rings. The highest BCUT2D eigenvalue weighted by Crippen LogP contribution is 2.15. The Morgan fingerprint density at radius 1 is 1.47 bits per heavy atom. The Morgan fingerprint density at radius 2 is 1.94 bits per heavy atom. The summed E-state index contributed by atoms with van der Waals surface area (Å²) in [4.78, 5) is 16.6. The Hall–Kier alpha value is -0.680. The quantitative estimate of drug-likeness (QED) is 0.329. The molecule has 0 heterocycles. The molecule has 0 amide bonds. The van der Waals surface area contributed by atoms with Crippen molar-refractivity contribution in [2.75, 3.05) is 20.7 Å². The summed E-state index contributed by atoms with van der Waals surface area (Å²) in [6, 6.07) is 0. The van der Waals surface area contributed by atoms with Gasteiger partial charge in [-0.15, -0.1) is 0 Å². The summed E-state index contributed by atoms with van der Waals surface area (Å²) in [6.07, 6.45) is 0.620. The number of aliphatic hydroxyl groups is 1. The second-order valence-corrected chi connectivity index (χ2v) is 3.94. The van der Waals surface area contributed by atoms with Crippen LogP contribution in [0, 0.1) is 0 Å². The van der Waals surface area contributed by atoms with E-state index in [4.69, 9.17) is 10.2 Å². The maximum absolute atomic E-state index is 10.7. The molecule has 0 saturated heterocycles.